The summed E-state index contributed by atoms with van der Waals surface area (Å²) in [6.45, 7) is 4.32. The SMILES string of the molecule is Cc1cc(NC2CSC(C)C2)ccn1. The molecule has 1 aliphatic rings. The first kappa shape index (κ1) is 9.84. The van der Waals surface area contributed by atoms with Gasteiger partial charge in [-0.1, -0.05) is 6.92 Å². The molecule has 2 heterocycles. The molecule has 1 aliphatic heterocycles. The lowest BCUT2D eigenvalue weighted by atomic mass is 10.2. The fourth-order valence-electron chi connectivity index (χ4n) is 1.79. The zero-order valence-corrected chi connectivity index (χ0v) is 9.47. The lowest BCUT2D eigenvalue weighted by Crippen LogP contribution is -2.18. The van der Waals surface area contributed by atoms with E-state index in [1.165, 1.54) is 17.9 Å². The summed E-state index contributed by atoms with van der Waals surface area (Å²) in [5.74, 6) is 1.22. The van der Waals surface area contributed by atoms with E-state index in [4.69, 9.17) is 0 Å². The molecule has 0 spiro atoms. The Morgan fingerprint density at radius 3 is 3.07 bits per heavy atom. The second kappa shape index (κ2) is 4.22. The number of hydrogen-bond donors (Lipinski definition) is 1. The monoisotopic (exact) mass is 208 g/mol. The highest BCUT2D eigenvalue weighted by Crippen LogP contribution is 2.28. The minimum atomic E-state index is 0.636. The van der Waals surface area contributed by atoms with Crippen molar-refractivity contribution < 1.29 is 0 Å². The van der Waals surface area contributed by atoms with Crippen molar-refractivity contribution in [1.29, 1.82) is 0 Å². The molecule has 0 aliphatic carbocycles. The van der Waals surface area contributed by atoms with Crippen LogP contribution in [-0.2, 0) is 0 Å². The molecular formula is C11H16N2S. The average Bonchev–Trinajstić information content (AvgIpc) is 2.51. The Bertz CT molecular complexity index is 314. The van der Waals surface area contributed by atoms with E-state index in [1.54, 1.807) is 0 Å². The molecule has 76 valence electrons. The Balaban J connectivity index is 1.97. The highest BCUT2D eigenvalue weighted by atomic mass is 32.2. The Morgan fingerprint density at radius 2 is 2.43 bits per heavy atom. The third kappa shape index (κ3) is 2.41. The molecule has 2 atom stereocenters. The summed E-state index contributed by atoms with van der Waals surface area (Å²) in [5.41, 5.74) is 2.28. The molecule has 0 amide bonds. The molecule has 1 aromatic rings. The van der Waals surface area contributed by atoms with E-state index in [-0.39, 0.29) is 0 Å². The summed E-state index contributed by atoms with van der Waals surface area (Å²) in [4.78, 5) is 4.18. The lowest BCUT2D eigenvalue weighted by Gasteiger charge is -2.13. The minimum absolute atomic E-state index is 0.636. The quantitative estimate of drug-likeness (QED) is 0.809. The van der Waals surface area contributed by atoms with Crippen LogP contribution in [0.25, 0.3) is 0 Å². The van der Waals surface area contributed by atoms with E-state index < -0.39 is 0 Å². The van der Waals surface area contributed by atoms with E-state index in [2.05, 4.69) is 35.1 Å². The third-order valence-corrected chi connectivity index (χ3v) is 3.82. The van der Waals surface area contributed by atoms with Crippen molar-refractivity contribution in [2.45, 2.75) is 31.6 Å². The molecule has 1 aromatic heterocycles. The Hall–Kier alpha value is -0.700. The first-order chi connectivity index (χ1) is 6.74. The molecule has 0 aromatic carbocycles. The largest absolute Gasteiger partial charge is 0.381 e. The van der Waals surface area contributed by atoms with E-state index in [0.29, 0.717) is 6.04 Å². The van der Waals surface area contributed by atoms with Gasteiger partial charge < -0.3 is 5.32 Å². The fraction of sp³-hybridized carbons (Fsp3) is 0.545. The van der Waals surface area contributed by atoms with Crippen LogP contribution in [0.5, 0.6) is 0 Å². The van der Waals surface area contributed by atoms with Crippen molar-refractivity contribution in [3.63, 3.8) is 0 Å². The minimum Gasteiger partial charge on any atom is -0.381 e. The van der Waals surface area contributed by atoms with Crippen molar-refractivity contribution >= 4 is 17.4 Å². The van der Waals surface area contributed by atoms with Gasteiger partial charge in [-0.15, -0.1) is 0 Å². The molecule has 2 nitrogen and oxygen atoms in total. The van der Waals surface area contributed by atoms with Crippen LogP contribution < -0.4 is 5.32 Å². The normalized spacial score (nSPS) is 26.4. The van der Waals surface area contributed by atoms with Gasteiger partial charge in [-0.25, -0.2) is 0 Å². The van der Waals surface area contributed by atoms with Crippen LogP contribution in [0.15, 0.2) is 18.3 Å². The highest BCUT2D eigenvalue weighted by molar-refractivity contribution is 8.00. The van der Waals surface area contributed by atoms with Gasteiger partial charge in [0.05, 0.1) is 0 Å². The second-order valence-electron chi connectivity index (χ2n) is 3.91. The molecule has 0 radical (unpaired) electrons. The molecule has 0 saturated carbocycles. The van der Waals surface area contributed by atoms with E-state index >= 15 is 0 Å². The molecule has 1 fully saturated rings. The molecular weight excluding hydrogens is 192 g/mol. The van der Waals surface area contributed by atoms with Gasteiger partial charge in [0.25, 0.3) is 0 Å². The molecule has 1 saturated heterocycles. The van der Waals surface area contributed by atoms with Crippen molar-refractivity contribution in [2.75, 3.05) is 11.1 Å². The van der Waals surface area contributed by atoms with E-state index in [1.807, 2.05) is 19.2 Å². The molecule has 14 heavy (non-hydrogen) atoms. The van der Waals surface area contributed by atoms with Crippen molar-refractivity contribution in [2.24, 2.45) is 0 Å². The van der Waals surface area contributed by atoms with Crippen molar-refractivity contribution in [3.05, 3.63) is 24.0 Å². The summed E-state index contributed by atoms with van der Waals surface area (Å²) in [7, 11) is 0. The Morgan fingerprint density at radius 1 is 1.57 bits per heavy atom. The fourth-order valence-corrected chi connectivity index (χ4v) is 2.94. The molecule has 2 unspecified atom stereocenters. The van der Waals surface area contributed by atoms with Gasteiger partial charge in [-0.2, -0.15) is 11.8 Å². The van der Waals surface area contributed by atoms with E-state index in [9.17, 15) is 0 Å². The lowest BCUT2D eigenvalue weighted by molar-refractivity contribution is 0.747. The number of nitrogens with one attached hydrogen (secondary N) is 1. The van der Waals surface area contributed by atoms with Crippen LogP contribution in [0.3, 0.4) is 0 Å². The number of aromatic nitrogens is 1. The molecule has 3 heteroatoms. The zero-order chi connectivity index (χ0) is 9.97. The summed E-state index contributed by atoms with van der Waals surface area (Å²) >= 11 is 2.05. The number of pyridine rings is 1. The van der Waals surface area contributed by atoms with Gasteiger partial charge >= 0.3 is 0 Å². The van der Waals surface area contributed by atoms with Gasteiger partial charge in [-0.05, 0) is 25.5 Å². The van der Waals surface area contributed by atoms with Crippen LogP contribution in [0.2, 0.25) is 0 Å². The number of nitrogens with zero attached hydrogens (tertiary/aromatic N) is 1. The first-order valence-corrected chi connectivity index (χ1v) is 6.10. The average molecular weight is 208 g/mol. The maximum atomic E-state index is 4.18. The van der Waals surface area contributed by atoms with Crippen LogP contribution >= 0.6 is 11.8 Å². The van der Waals surface area contributed by atoms with E-state index in [0.717, 1.165) is 10.9 Å². The maximum Gasteiger partial charge on any atom is 0.0393 e. The predicted octanol–water partition coefficient (Wildman–Crippen LogP) is 2.70. The highest BCUT2D eigenvalue weighted by Gasteiger charge is 2.21. The number of anilines is 1. The topological polar surface area (TPSA) is 24.9 Å². The number of aryl methyl sites for hydroxylation is 1. The number of hydrogen-bond acceptors (Lipinski definition) is 3. The maximum absolute atomic E-state index is 4.18. The van der Waals surface area contributed by atoms with Crippen molar-refractivity contribution in [3.8, 4) is 0 Å². The van der Waals surface area contributed by atoms with Crippen LogP contribution in [0.1, 0.15) is 19.0 Å². The summed E-state index contributed by atoms with van der Waals surface area (Å²) in [6.07, 6.45) is 3.13. The van der Waals surface area contributed by atoms with Gasteiger partial charge in [0.1, 0.15) is 0 Å². The molecule has 2 rings (SSSR count). The second-order valence-corrected chi connectivity index (χ2v) is 5.38. The summed E-state index contributed by atoms with van der Waals surface area (Å²) in [5, 5.41) is 4.35. The van der Waals surface area contributed by atoms with Crippen LogP contribution in [0.4, 0.5) is 5.69 Å². The van der Waals surface area contributed by atoms with Crippen LogP contribution in [0, 0.1) is 6.92 Å². The summed E-state index contributed by atoms with van der Waals surface area (Å²) in [6, 6.07) is 4.78. The van der Waals surface area contributed by atoms with Gasteiger partial charge in [0.2, 0.25) is 0 Å². The van der Waals surface area contributed by atoms with Crippen LogP contribution in [-0.4, -0.2) is 22.0 Å². The van der Waals surface area contributed by atoms with Crippen molar-refractivity contribution in [1.82, 2.24) is 4.98 Å². The first-order valence-electron chi connectivity index (χ1n) is 5.05. The zero-order valence-electron chi connectivity index (χ0n) is 8.66. The standard InChI is InChI=1S/C11H16N2S/c1-8-5-10(3-4-12-8)13-11-6-9(2)14-7-11/h3-5,9,11H,6-7H2,1-2H3,(H,12,13). The smallest absolute Gasteiger partial charge is 0.0393 e. The molecule has 0 bridgehead atoms. The number of rotatable bonds is 2. The molecule has 1 N–H and O–H groups in total. The van der Waals surface area contributed by atoms with Gasteiger partial charge in [0, 0.05) is 34.6 Å². The predicted molar refractivity (Wildman–Crippen MR) is 62.9 cm³/mol. The Kier molecular flexibility index (Phi) is 2.96. The third-order valence-electron chi connectivity index (χ3n) is 2.47. The summed E-state index contributed by atoms with van der Waals surface area (Å²) < 4.78 is 0. The van der Waals surface area contributed by atoms with Gasteiger partial charge in [-0.3, -0.25) is 4.98 Å². The Labute approximate surface area is 89.5 Å². The van der Waals surface area contributed by atoms with Gasteiger partial charge in [0.15, 0.2) is 0 Å². The number of thioether (sulfide) groups is 1.